The van der Waals surface area contributed by atoms with Crippen LogP contribution in [0.15, 0.2) is 48.5 Å². The van der Waals surface area contributed by atoms with Gasteiger partial charge in [0.1, 0.15) is 11.6 Å². The third kappa shape index (κ3) is 4.71. The van der Waals surface area contributed by atoms with E-state index in [1.54, 1.807) is 12.1 Å². The minimum Gasteiger partial charge on any atom is -0.484 e. The van der Waals surface area contributed by atoms with Crippen molar-refractivity contribution in [3.05, 3.63) is 65.5 Å². The standard InChI is InChI=1S/C17H15F4NO2/c1-22(10-12-5-2-3-8-15(12)18)16(23)11-24-14-7-4-6-13(9-14)17(19,20)21/h2-9H,10-11H2,1H3. The molecule has 7 heteroatoms. The number of carbonyl (C=O) groups excluding carboxylic acids is 1. The topological polar surface area (TPSA) is 29.5 Å². The summed E-state index contributed by atoms with van der Waals surface area (Å²) < 4.78 is 56.5. The Kier molecular flexibility index (Phi) is 5.43. The van der Waals surface area contributed by atoms with Crippen molar-refractivity contribution in [2.45, 2.75) is 12.7 Å². The van der Waals surface area contributed by atoms with Gasteiger partial charge in [0.2, 0.25) is 0 Å². The summed E-state index contributed by atoms with van der Waals surface area (Å²) in [6.45, 7) is -0.399. The Bertz CT molecular complexity index is 716. The van der Waals surface area contributed by atoms with Crippen LogP contribution >= 0.6 is 0 Å². The quantitative estimate of drug-likeness (QED) is 0.773. The Morgan fingerprint density at radius 1 is 1.12 bits per heavy atom. The third-order valence-corrected chi connectivity index (χ3v) is 3.31. The smallest absolute Gasteiger partial charge is 0.416 e. The van der Waals surface area contributed by atoms with Crippen molar-refractivity contribution in [2.75, 3.05) is 13.7 Å². The molecule has 0 heterocycles. The second-order valence-corrected chi connectivity index (χ2v) is 5.16. The summed E-state index contributed by atoms with van der Waals surface area (Å²) in [4.78, 5) is 13.2. The lowest BCUT2D eigenvalue weighted by molar-refractivity contribution is -0.137. The molecule has 0 bridgehead atoms. The molecule has 2 aromatic carbocycles. The highest BCUT2D eigenvalue weighted by Gasteiger charge is 2.30. The van der Waals surface area contributed by atoms with Gasteiger partial charge < -0.3 is 9.64 Å². The van der Waals surface area contributed by atoms with Gasteiger partial charge in [-0.2, -0.15) is 13.2 Å². The van der Waals surface area contributed by atoms with Crippen LogP contribution in [0.5, 0.6) is 5.75 Å². The number of rotatable bonds is 5. The van der Waals surface area contributed by atoms with Crippen LogP contribution in [0.2, 0.25) is 0 Å². The molecule has 2 aromatic rings. The van der Waals surface area contributed by atoms with E-state index in [1.165, 1.54) is 36.2 Å². The number of ether oxygens (including phenoxy) is 1. The monoisotopic (exact) mass is 341 g/mol. The van der Waals surface area contributed by atoms with Crippen molar-refractivity contribution in [1.82, 2.24) is 4.90 Å². The van der Waals surface area contributed by atoms with Gasteiger partial charge in [0, 0.05) is 19.2 Å². The highest BCUT2D eigenvalue weighted by atomic mass is 19.4. The van der Waals surface area contributed by atoms with E-state index in [1.807, 2.05) is 0 Å². The van der Waals surface area contributed by atoms with Crippen molar-refractivity contribution in [3.63, 3.8) is 0 Å². The lowest BCUT2D eigenvalue weighted by atomic mass is 10.2. The highest BCUT2D eigenvalue weighted by Crippen LogP contribution is 2.31. The molecule has 0 atom stereocenters. The third-order valence-electron chi connectivity index (χ3n) is 3.31. The fourth-order valence-electron chi connectivity index (χ4n) is 1.99. The first-order valence-corrected chi connectivity index (χ1v) is 7.05. The van der Waals surface area contributed by atoms with Crippen molar-refractivity contribution in [3.8, 4) is 5.75 Å². The molecular formula is C17H15F4NO2. The Balaban J connectivity index is 1.94. The summed E-state index contributed by atoms with van der Waals surface area (Å²) >= 11 is 0. The maximum atomic E-state index is 13.5. The van der Waals surface area contributed by atoms with Gasteiger partial charge in [0.25, 0.3) is 5.91 Å². The number of hydrogen-bond donors (Lipinski definition) is 0. The largest absolute Gasteiger partial charge is 0.484 e. The van der Waals surface area contributed by atoms with Crippen LogP contribution in [0.3, 0.4) is 0 Å². The predicted octanol–water partition coefficient (Wildman–Crippen LogP) is 3.88. The van der Waals surface area contributed by atoms with Crippen molar-refractivity contribution < 1.29 is 27.1 Å². The van der Waals surface area contributed by atoms with Crippen molar-refractivity contribution >= 4 is 5.91 Å². The molecule has 0 spiro atoms. The van der Waals surface area contributed by atoms with Crippen LogP contribution in [0.25, 0.3) is 0 Å². The second-order valence-electron chi connectivity index (χ2n) is 5.16. The Hall–Kier alpha value is -2.57. The minimum absolute atomic E-state index is 0.0391. The summed E-state index contributed by atoms with van der Waals surface area (Å²) in [5.41, 5.74) is -0.514. The van der Waals surface area contributed by atoms with Gasteiger partial charge in [-0.25, -0.2) is 4.39 Å². The zero-order chi connectivity index (χ0) is 17.7. The number of benzene rings is 2. The van der Waals surface area contributed by atoms with Gasteiger partial charge in [-0.3, -0.25) is 4.79 Å². The number of alkyl halides is 3. The molecular weight excluding hydrogens is 326 g/mol. The van der Waals surface area contributed by atoms with Crippen molar-refractivity contribution in [2.24, 2.45) is 0 Å². The Morgan fingerprint density at radius 3 is 2.50 bits per heavy atom. The van der Waals surface area contributed by atoms with E-state index in [-0.39, 0.29) is 12.3 Å². The molecule has 0 saturated carbocycles. The number of likely N-dealkylation sites (N-methyl/N-ethyl adjacent to an activating group) is 1. The molecule has 0 aromatic heterocycles. The van der Waals surface area contributed by atoms with Crippen LogP contribution in [0.1, 0.15) is 11.1 Å². The SMILES string of the molecule is CN(Cc1ccccc1F)C(=O)COc1cccc(C(F)(F)F)c1. The van der Waals surface area contributed by atoms with E-state index >= 15 is 0 Å². The summed E-state index contributed by atoms with van der Waals surface area (Å²) in [5, 5.41) is 0. The maximum absolute atomic E-state index is 13.5. The predicted molar refractivity (Wildman–Crippen MR) is 79.8 cm³/mol. The number of amides is 1. The molecule has 0 fully saturated rings. The Labute approximate surface area is 136 Å². The first kappa shape index (κ1) is 17.8. The average Bonchev–Trinajstić information content (AvgIpc) is 2.54. The van der Waals surface area contributed by atoms with E-state index in [4.69, 9.17) is 4.74 Å². The first-order chi connectivity index (χ1) is 11.3. The van der Waals surface area contributed by atoms with Gasteiger partial charge >= 0.3 is 6.18 Å². The van der Waals surface area contributed by atoms with E-state index in [2.05, 4.69) is 0 Å². The summed E-state index contributed by atoms with van der Waals surface area (Å²) in [7, 11) is 1.46. The lowest BCUT2D eigenvalue weighted by Crippen LogP contribution is -2.31. The molecule has 24 heavy (non-hydrogen) atoms. The van der Waals surface area contributed by atoms with E-state index in [0.717, 1.165) is 12.1 Å². The summed E-state index contributed by atoms with van der Waals surface area (Å²) in [5.74, 6) is -0.968. The lowest BCUT2D eigenvalue weighted by Gasteiger charge is -2.18. The van der Waals surface area contributed by atoms with Gasteiger partial charge in [-0.1, -0.05) is 24.3 Å². The zero-order valence-electron chi connectivity index (χ0n) is 12.8. The van der Waals surface area contributed by atoms with E-state index < -0.39 is 30.1 Å². The molecule has 1 amide bonds. The molecule has 2 rings (SSSR count). The van der Waals surface area contributed by atoms with Gasteiger partial charge in [0.15, 0.2) is 6.61 Å². The highest BCUT2D eigenvalue weighted by molar-refractivity contribution is 5.77. The average molecular weight is 341 g/mol. The van der Waals surface area contributed by atoms with Crippen LogP contribution in [0.4, 0.5) is 17.6 Å². The van der Waals surface area contributed by atoms with Gasteiger partial charge in [0.05, 0.1) is 5.56 Å². The van der Waals surface area contributed by atoms with Crippen LogP contribution in [-0.4, -0.2) is 24.5 Å². The molecule has 0 N–H and O–H groups in total. The molecule has 0 aliphatic heterocycles. The molecule has 0 aliphatic carbocycles. The number of halogens is 4. The van der Waals surface area contributed by atoms with Crippen LogP contribution in [-0.2, 0) is 17.5 Å². The van der Waals surface area contributed by atoms with Crippen LogP contribution in [0, 0.1) is 5.82 Å². The van der Waals surface area contributed by atoms with E-state index in [0.29, 0.717) is 5.56 Å². The van der Waals surface area contributed by atoms with Gasteiger partial charge in [-0.05, 0) is 24.3 Å². The normalized spacial score (nSPS) is 11.2. The molecule has 128 valence electrons. The number of carbonyl (C=O) groups is 1. The molecule has 0 radical (unpaired) electrons. The van der Waals surface area contributed by atoms with Crippen molar-refractivity contribution in [1.29, 1.82) is 0 Å². The maximum Gasteiger partial charge on any atom is 0.416 e. The van der Waals surface area contributed by atoms with E-state index in [9.17, 15) is 22.4 Å². The summed E-state index contributed by atoms with van der Waals surface area (Å²) in [6, 6.07) is 10.3. The van der Waals surface area contributed by atoms with Crippen LogP contribution < -0.4 is 4.74 Å². The molecule has 0 saturated heterocycles. The molecule has 0 unspecified atom stereocenters. The minimum atomic E-state index is -4.48. The molecule has 0 aliphatic rings. The Morgan fingerprint density at radius 2 is 1.83 bits per heavy atom. The number of hydrogen-bond acceptors (Lipinski definition) is 2. The summed E-state index contributed by atoms with van der Waals surface area (Å²) in [6.07, 6.45) is -4.48. The first-order valence-electron chi connectivity index (χ1n) is 7.05. The fourth-order valence-corrected chi connectivity index (χ4v) is 1.99. The second kappa shape index (κ2) is 7.33. The number of nitrogens with zero attached hydrogens (tertiary/aromatic N) is 1. The fraction of sp³-hybridized carbons (Fsp3) is 0.235. The molecule has 3 nitrogen and oxygen atoms in total. The van der Waals surface area contributed by atoms with Gasteiger partial charge in [-0.15, -0.1) is 0 Å². The zero-order valence-corrected chi connectivity index (χ0v) is 12.8.